The monoisotopic (exact) mass is 238 g/mol. The summed E-state index contributed by atoms with van der Waals surface area (Å²) >= 11 is 0. The van der Waals surface area contributed by atoms with Crippen molar-refractivity contribution >= 4 is 5.97 Å². The van der Waals surface area contributed by atoms with Crippen LogP contribution in [-0.2, 0) is 4.74 Å². The molecule has 0 aromatic heterocycles. The van der Waals surface area contributed by atoms with E-state index in [-0.39, 0.29) is 12.6 Å². The second-order valence-corrected chi connectivity index (χ2v) is 3.83. The normalized spacial score (nSPS) is 9.78. The van der Waals surface area contributed by atoms with E-state index >= 15 is 0 Å². The van der Waals surface area contributed by atoms with Crippen LogP contribution < -0.4 is 0 Å². The molecule has 0 aliphatic rings. The average molecular weight is 238 g/mol. The largest absolute Gasteiger partial charge is 0.458 e. The van der Waals surface area contributed by atoms with Crippen LogP contribution in [0.15, 0.2) is 67.3 Å². The lowest BCUT2D eigenvalue weighted by molar-refractivity contribution is 0.0550. The summed E-state index contributed by atoms with van der Waals surface area (Å²) in [5.41, 5.74) is 2.76. The molecule has 0 aliphatic carbocycles. The Kier molecular flexibility index (Phi) is 3.92. The topological polar surface area (TPSA) is 26.3 Å². The second kappa shape index (κ2) is 5.82. The van der Waals surface area contributed by atoms with E-state index < -0.39 is 0 Å². The predicted molar refractivity (Wildman–Crippen MR) is 72.4 cm³/mol. The molecular weight excluding hydrogens is 224 g/mol. The fourth-order valence-electron chi connectivity index (χ4n) is 1.65. The Hall–Kier alpha value is -2.35. The molecule has 0 amide bonds. The van der Waals surface area contributed by atoms with Crippen molar-refractivity contribution in [2.75, 3.05) is 6.61 Å². The van der Waals surface area contributed by atoms with Crippen LogP contribution in [0.1, 0.15) is 10.4 Å². The molecule has 0 bridgehead atoms. The van der Waals surface area contributed by atoms with Gasteiger partial charge in [-0.05, 0) is 23.3 Å². The van der Waals surface area contributed by atoms with Crippen molar-refractivity contribution in [3.05, 3.63) is 72.8 Å². The van der Waals surface area contributed by atoms with E-state index in [2.05, 4.69) is 6.58 Å². The van der Waals surface area contributed by atoms with Crippen LogP contribution in [0.4, 0.5) is 0 Å². The highest BCUT2D eigenvalue weighted by atomic mass is 16.5. The van der Waals surface area contributed by atoms with Crippen molar-refractivity contribution in [1.29, 1.82) is 0 Å². The van der Waals surface area contributed by atoms with Gasteiger partial charge in [-0.15, -0.1) is 0 Å². The summed E-state index contributed by atoms with van der Waals surface area (Å²) in [6.45, 7) is 3.74. The fourth-order valence-corrected chi connectivity index (χ4v) is 1.65. The number of carbonyl (C=O) groups excluding carboxylic acids is 1. The van der Waals surface area contributed by atoms with Crippen LogP contribution in [0.5, 0.6) is 0 Å². The number of carbonyl (C=O) groups is 1. The molecule has 0 saturated heterocycles. The highest BCUT2D eigenvalue weighted by Crippen LogP contribution is 2.19. The Morgan fingerprint density at radius 3 is 2.22 bits per heavy atom. The minimum absolute atomic E-state index is 0.235. The molecule has 90 valence electrons. The van der Waals surface area contributed by atoms with Crippen LogP contribution in [-0.4, -0.2) is 12.6 Å². The van der Waals surface area contributed by atoms with Gasteiger partial charge in [0.25, 0.3) is 0 Å². The molecule has 0 N–H and O–H groups in total. The smallest absolute Gasteiger partial charge is 0.338 e. The van der Waals surface area contributed by atoms with Gasteiger partial charge in [-0.1, -0.05) is 55.1 Å². The zero-order valence-corrected chi connectivity index (χ0v) is 10.0. The molecule has 0 unspecified atom stereocenters. The summed E-state index contributed by atoms with van der Waals surface area (Å²) < 4.78 is 4.97. The van der Waals surface area contributed by atoms with E-state index in [4.69, 9.17) is 4.74 Å². The highest BCUT2D eigenvalue weighted by molar-refractivity contribution is 5.90. The Labute approximate surface area is 107 Å². The number of ether oxygens (including phenoxy) is 1. The number of benzene rings is 2. The van der Waals surface area contributed by atoms with Crippen LogP contribution in [0, 0.1) is 0 Å². The first kappa shape index (κ1) is 12.1. The van der Waals surface area contributed by atoms with Gasteiger partial charge < -0.3 is 4.74 Å². The van der Waals surface area contributed by atoms with Gasteiger partial charge in [0.1, 0.15) is 6.61 Å². The molecule has 0 heterocycles. The molecule has 0 radical (unpaired) electrons. The second-order valence-electron chi connectivity index (χ2n) is 3.83. The number of esters is 1. The summed E-state index contributed by atoms with van der Waals surface area (Å²) in [5, 5.41) is 0. The molecule has 18 heavy (non-hydrogen) atoms. The number of hydrogen-bond acceptors (Lipinski definition) is 2. The summed E-state index contributed by atoms with van der Waals surface area (Å²) in [5.74, 6) is -0.325. The van der Waals surface area contributed by atoms with Crippen molar-refractivity contribution < 1.29 is 9.53 Å². The first-order chi connectivity index (χ1) is 8.81. The van der Waals surface area contributed by atoms with Crippen LogP contribution in [0.2, 0.25) is 0 Å². The molecule has 2 heteroatoms. The first-order valence-corrected chi connectivity index (χ1v) is 5.75. The first-order valence-electron chi connectivity index (χ1n) is 5.75. The maximum Gasteiger partial charge on any atom is 0.338 e. The van der Waals surface area contributed by atoms with Gasteiger partial charge in [0.05, 0.1) is 5.56 Å². The van der Waals surface area contributed by atoms with Crippen LogP contribution in [0.3, 0.4) is 0 Å². The molecule has 0 saturated carbocycles. The Bertz CT molecular complexity index is 527. The van der Waals surface area contributed by atoms with E-state index in [1.807, 2.05) is 42.5 Å². The van der Waals surface area contributed by atoms with E-state index in [1.54, 1.807) is 18.2 Å². The molecule has 0 fully saturated rings. The van der Waals surface area contributed by atoms with Crippen molar-refractivity contribution in [1.82, 2.24) is 0 Å². The van der Waals surface area contributed by atoms with Crippen molar-refractivity contribution in [3.63, 3.8) is 0 Å². The summed E-state index contributed by atoms with van der Waals surface area (Å²) in [6, 6.07) is 17.4. The average Bonchev–Trinajstić information content (AvgIpc) is 2.46. The fraction of sp³-hybridized carbons (Fsp3) is 0.0625. The van der Waals surface area contributed by atoms with Gasteiger partial charge in [-0.2, -0.15) is 0 Å². The third kappa shape index (κ3) is 2.86. The Balaban J connectivity index is 2.15. The maximum absolute atomic E-state index is 11.6. The van der Waals surface area contributed by atoms with E-state index in [9.17, 15) is 4.79 Å². The predicted octanol–water partition coefficient (Wildman–Crippen LogP) is 3.70. The highest BCUT2D eigenvalue weighted by Gasteiger charge is 2.06. The molecule has 0 spiro atoms. The van der Waals surface area contributed by atoms with E-state index in [0.29, 0.717) is 5.56 Å². The summed E-state index contributed by atoms with van der Waals surface area (Å²) in [7, 11) is 0. The van der Waals surface area contributed by atoms with Gasteiger partial charge in [-0.3, -0.25) is 0 Å². The molecule has 2 nitrogen and oxygen atoms in total. The lowest BCUT2D eigenvalue weighted by Crippen LogP contribution is -2.04. The van der Waals surface area contributed by atoms with E-state index in [1.165, 1.54) is 0 Å². The molecule has 0 aliphatic heterocycles. The van der Waals surface area contributed by atoms with Crippen molar-refractivity contribution in [3.8, 4) is 11.1 Å². The molecular formula is C16H14O2. The minimum Gasteiger partial charge on any atom is -0.458 e. The number of hydrogen-bond donors (Lipinski definition) is 0. The Morgan fingerprint density at radius 2 is 1.61 bits per heavy atom. The zero-order valence-electron chi connectivity index (χ0n) is 10.0. The molecule has 2 rings (SSSR count). The van der Waals surface area contributed by atoms with Crippen molar-refractivity contribution in [2.45, 2.75) is 0 Å². The summed E-state index contributed by atoms with van der Waals surface area (Å²) in [6.07, 6.45) is 1.55. The van der Waals surface area contributed by atoms with Gasteiger partial charge in [0.15, 0.2) is 0 Å². The standard InChI is InChI=1S/C16H14O2/c1-2-12-18-16(17)15-10-8-14(9-11-15)13-6-4-3-5-7-13/h2-11H,1,12H2. The van der Waals surface area contributed by atoms with E-state index in [0.717, 1.165) is 11.1 Å². The minimum atomic E-state index is -0.325. The Morgan fingerprint density at radius 1 is 1.00 bits per heavy atom. The molecule has 2 aromatic carbocycles. The van der Waals surface area contributed by atoms with Gasteiger partial charge >= 0.3 is 5.97 Å². The third-order valence-electron chi connectivity index (χ3n) is 2.56. The van der Waals surface area contributed by atoms with Gasteiger partial charge in [0, 0.05) is 0 Å². The van der Waals surface area contributed by atoms with Gasteiger partial charge in [-0.25, -0.2) is 4.79 Å². The zero-order chi connectivity index (χ0) is 12.8. The van der Waals surface area contributed by atoms with Gasteiger partial charge in [0.2, 0.25) is 0 Å². The van der Waals surface area contributed by atoms with Crippen molar-refractivity contribution in [2.24, 2.45) is 0 Å². The summed E-state index contributed by atoms with van der Waals surface area (Å²) in [4.78, 5) is 11.6. The molecule has 2 aromatic rings. The lowest BCUT2D eigenvalue weighted by Gasteiger charge is -2.04. The SMILES string of the molecule is C=CCOC(=O)c1ccc(-c2ccccc2)cc1. The molecule has 0 atom stereocenters. The lowest BCUT2D eigenvalue weighted by atomic mass is 10.0. The maximum atomic E-state index is 11.6. The number of rotatable bonds is 4. The van der Waals surface area contributed by atoms with Crippen LogP contribution >= 0.6 is 0 Å². The quantitative estimate of drug-likeness (QED) is 0.599. The third-order valence-corrected chi connectivity index (χ3v) is 2.56. The van der Waals surface area contributed by atoms with Crippen LogP contribution in [0.25, 0.3) is 11.1 Å².